The molecule has 0 spiro atoms. The third-order valence-electron chi connectivity index (χ3n) is 3.68. The normalized spacial score (nSPS) is 11.5. The average molecular weight is 300 g/mol. The molecular weight excluding hydrogens is 272 g/mol. The minimum atomic E-state index is 0.271. The highest BCUT2D eigenvalue weighted by atomic mass is 16.5. The van der Waals surface area contributed by atoms with E-state index in [1.807, 2.05) is 10.9 Å². The van der Waals surface area contributed by atoms with Crippen LogP contribution in [-0.4, -0.2) is 22.5 Å². The van der Waals surface area contributed by atoms with Crippen molar-refractivity contribution in [2.24, 2.45) is 5.92 Å². The SMILES string of the molecule is CC(C)CCc1cccc(-c2cnn(CCOC(C)C)c2)c1. The van der Waals surface area contributed by atoms with Crippen molar-refractivity contribution in [2.75, 3.05) is 6.61 Å². The monoisotopic (exact) mass is 300 g/mol. The van der Waals surface area contributed by atoms with E-state index in [0.29, 0.717) is 6.61 Å². The predicted octanol–water partition coefficient (Wildman–Crippen LogP) is 4.56. The molecule has 0 radical (unpaired) electrons. The molecule has 0 atom stereocenters. The van der Waals surface area contributed by atoms with Crippen molar-refractivity contribution in [3.8, 4) is 11.1 Å². The highest BCUT2D eigenvalue weighted by Crippen LogP contribution is 2.21. The van der Waals surface area contributed by atoms with Crippen molar-refractivity contribution < 1.29 is 4.74 Å². The summed E-state index contributed by atoms with van der Waals surface area (Å²) in [4.78, 5) is 0. The number of nitrogens with zero attached hydrogens (tertiary/aromatic N) is 2. The Bertz CT molecular complexity index is 572. The van der Waals surface area contributed by atoms with E-state index in [-0.39, 0.29) is 6.10 Å². The molecule has 0 aliphatic carbocycles. The molecule has 0 saturated carbocycles. The fourth-order valence-electron chi connectivity index (χ4n) is 2.38. The van der Waals surface area contributed by atoms with Crippen molar-refractivity contribution in [1.29, 1.82) is 0 Å². The quantitative estimate of drug-likeness (QED) is 0.714. The summed E-state index contributed by atoms with van der Waals surface area (Å²) in [7, 11) is 0. The Hall–Kier alpha value is -1.61. The number of benzene rings is 1. The van der Waals surface area contributed by atoms with Gasteiger partial charge in [-0.3, -0.25) is 4.68 Å². The number of hydrogen-bond donors (Lipinski definition) is 0. The first-order valence-electron chi connectivity index (χ1n) is 8.28. The van der Waals surface area contributed by atoms with Gasteiger partial charge in [0, 0.05) is 11.8 Å². The first kappa shape index (κ1) is 16.8. The van der Waals surface area contributed by atoms with Crippen molar-refractivity contribution in [3.63, 3.8) is 0 Å². The summed E-state index contributed by atoms with van der Waals surface area (Å²) < 4.78 is 7.53. The van der Waals surface area contributed by atoms with Gasteiger partial charge in [-0.2, -0.15) is 5.10 Å². The zero-order chi connectivity index (χ0) is 15.9. The Morgan fingerprint density at radius 1 is 1.14 bits per heavy atom. The molecule has 0 fully saturated rings. The standard InChI is InChI=1S/C19H28N2O/c1-15(2)8-9-17-6-5-7-18(12-17)19-13-20-21(14-19)10-11-22-16(3)4/h5-7,12-16H,8-11H2,1-4H3. The molecule has 0 aliphatic rings. The van der Waals surface area contributed by atoms with Crippen LogP contribution in [0.25, 0.3) is 11.1 Å². The predicted molar refractivity (Wildman–Crippen MR) is 91.9 cm³/mol. The first-order chi connectivity index (χ1) is 10.5. The van der Waals surface area contributed by atoms with Gasteiger partial charge in [0.2, 0.25) is 0 Å². The molecule has 1 aromatic heterocycles. The summed E-state index contributed by atoms with van der Waals surface area (Å²) in [5.41, 5.74) is 3.83. The summed E-state index contributed by atoms with van der Waals surface area (Å²) >= 11 is 0. The van der Waals surface area contributed by atoms with E-state index in [1.54, 1.807) is 0 Å². The molecule has 0 saturated heterocycles. The van der Waals surface area contributed by atoms with Gasteiger partial charge in [0.1, 0.15) is 0 Å². The molecule has 3 nitrogen and oxygen atoms in total. The van der Waals surface area contributed by atoms with Gasteiger partial charge in [0.15, 0.2) is 0 Å². The molecule has 0 bridgehead atoms. The van der Waals surface area contributed by atoms with Crippen LogP contribution in [0.5, 0.6) is 0 Å². The molecule has 120 valence electrons. The van der Waals surface area contributed by atoms with Gasteiger partial charge in [0.05, 0.1) is 25.5 Å². The summed E-state index contributed by atoms with van der Waals surface area (Å²) in [6.07, 6.45) is 6.69. The second kappa shape index (κ2) is 8.14. The fourth-order valence-corrected chi connectivity index (χ4v) is 2.38. The number of hydrogen-bond acceptors (Lipinski definition) is 2. The Labute approximate surface area is 134 Å². The lowest BCUT2D eigenvalue weighted by atomic mass is 9.99. The molecule has 0 amide bonds. The van der Waals surface area contributed by atoms with Crippen LogP contribution < -0.4 is 0 Å². The second-order valence-electron chi connectivity index (χ2n) is 6.54. The number of rotatable bonds is 8. The second-order valence-corrected chi connectivity index (χ2v) is 6.54. The van der Waals surface area contributed by atoms with E-state index in [9.17, 15) is 0 Å². The Morgan fingerprint density at radius 2 is 1.95 bits per heavy atom. The molecule has 2 rings (SSSR count). The number of aromatic nitrogens is 2. The van der Waals surface area contributed by atoms with Crippen LogP contribution in [0.4, 0.5) is 0 Å². The van der Waals surface area contributed by atoms with Crippen LogP contribution in [-0.2, 0) is 17.7 Å². The Balaban J connectivity index is 1.99. The van der Waals surface area contributed by atoms with Crippen LogP contribution in [0.15, 0.2) is 36.7 Å². The largest absolute Gasteiger partial charge is 0.377 e. The topological polar surface area (TPSA) is 27.1 Å². The minimum Gasteiger partial charge on any atom is -0.377 e. The van der Waals surface area contributed by atoms with E-state index >= 15 is 0 Å². The molecule has 2 aromatic rings. The van der Waals surface area contributed by atoms with Crippen LogP contribution >= 0.6 is 0 Å². The molecule has 0 aliphatic heterocycles. The van der Waals surface area contributed by atoms with E-state index in [2.05, 4.69) is 63.3 Å². The molecule has 0 N–H and O–H groups in total. The molecular formula is C19H28N2O. The maximum Gasteiger partial charge on any atom is 0.0666 e. The van der Waals surface area contributed by atoms with Crippen LogP contribution in [0.3, 0.4) is 0 Å². The van der Waals surface area contributed by atoms with Gasteiger partial charge in [-0.05, 0) is 43.7 Å². The van der Waals surface area contributed by atoms with Gasteiger partial charge in [-0.15, -0.1) is 0 Å². The van der Waals surface area contributed by atoms with Gasteiger partial charge in [-0.1, -0.05) is 38.1 Å². The van der Waals surface area contributed by atoms with E-state index in [4.69, 9.17) is 4.74 Å². The van der Waals surface area contributed by atoms with Gasteiger partial charge >= 0.3 is 0 Å². The van der Waals surface area contributed by atoms with Crippen molar-refractivity contribution in [1.82, 2.24) is 9.78 Å². The van der Waals surface area contributed by atoms with Gasteiger partial charge in [-0.25, -0.2) is 0 Å². The molecule has 3 heteroatoms. The third-order valence-corrected chi connectivity index (χ3v) is 3.68. The zero-order valence-corrected chi connectivity index (χ0v) is 14.2. The van der Waals surface area contributed by atoms with Crippen LogP contribution in [0, 0.1) is 5.92 Å². The molecule has 0 unspecified atom stereocenters. The van der Waals surface area contributed by atoms with Gasteiger partial charge < -0.3 is 4.74 Å². The van der Waals surface area contributed by atoms with E-state index < -0.39 is 0 Å². The van der Waals surface area contributed by atoms with Crippen LogP contribution in [0.2, 0.25) is 0 Å². The Kier molecular flexibility index (Phi) is 6.20. The minimum absolute atomic E-state index is 0.271. The maximum atomic E-state index is 5.57. The number of aryl methyl sites for hydroxylation is 1. The zero-order valence-electron chi connectivity index (χ0n) is 14.2. The van der Waals surface area contributed by atoms with Crippen molar-refractivity contribution >= 4 is 0 Å². The molecule has 22 heavy (non-hydrogen) atoms. The van der Waals surface area contributed by atoms with E-state index in [0.717, 1.165) is 18.9 Å². The maximum absolute atomic E-state index is 5.57. The van der Waals surface area contributed by atoms with E-state index in [1.165, 1.54) is 23.1 Å². The Morgan fingerprint density at radius 3 is 2.68 bits per heavy atom. The fraction of sp³-hybridized carbons (Fsp3) is 0.526. The van der Waals surface area contributed by atoms with Crippen LogP contribution in [0.1, 0.15) is 39.7 Å². The first-order valence-corrected chi connectivity index (χ1v) is 8.28. The summed E-state index contributed by atoms with van der Waals surface area (Å²) in [6, 6.07) is 8.80. The summed E-state index contributed by atoms with van der Waals surface area (Å²) in [5.74, 6) is 0.743. The van der Waals surface area contributed by atoms with Crippen molar-refractivity contribution in [3.05, 3.63) is 42.2 Å². The highest BCUT2D eigenvalue weighted by Gasteiger charge is 2.04. The lowest BCUT2D eigenvalue weighted by Gasteiger charge is -2.07. The average Bonchev–Trinajstić information content (AvgIpc) is 2.94. The van der Waals surface area contributed by atoms with Crippen molar-refractivity contribution in [2.45, 2.75) is 53.2 Å². The molecule has 1 heterocycles. The lowest BCUT2D eigenvalue weighted by Crippen LogP contribution is -2.10. The summed E-state index contributed by atoms with van der Waals surface area (Å²) in [5, 5.41) is 4.43. The summed E-state index contributed by atoms with van der Waals surface area (Å²) in [6.45, 7) is 10.1. The highest BCUT2D eigenvalue weighted by molar-refractivity contribution is 5.62. The van der Waals surface area contributed by atoms with Gasteiger partial charge in [0.25, 0.3) is 0 Å². The number of ether oxygens (including phenoxy) is 1. The smallest absolute Gasteiger partial charge is 0.0666 e. The third kappa shape index (κ3) is 5.30. The lowest BCUT2D eigenvalue weighted by molar-refractivity contribution is 0.0710. The molecule has 1 aromatic carbocycles.